The fourth-order valence-corrected chi connectivity index (χ4v) is 1.76. The summed E-state index contributed by atoms with van der Waals surface area (Å²) in [6.45, 7) is 2.16. The second-order valence-corrected chi connectivity index (χ2v) is 3.99. The minimum absolute atomic E-state index is 0.490. The van der Waals surface area contributed by atoms with Gasteiger partial charge < -0.3 is 0 Å². The van der Waals surface area contributed by atoms with Gasteiger partial charge in [-0.15, -0.1) is 0 Å². The molecule has 0 saturated carbocycles. The molecule has 1 aromatic carbocycles. The third-order valence-corrected chi connectivity index (χ3v) is 3.00. The fourth-order valence-electron chi connectivity index (χ4n) is 0.932. The van der Waals surface area contributed by atoms with Gasteiger partial charge >= 0.3 is 0 Å². The molecule has 1 unspecified atom stereocenters. The first-order chi connectivity index (χ1) is 5.25. The summed E-state index contributed by atoms with van der Waals surface area (Å²) in [5.41, 5.74) is 1.22. The van der Waals surface area contributed by atoms with Crippen molar-refractivity contribution in [3.05, 3.63) is 34.9 Å². The monoisotopic (exact) mass is 186 g/mol. The molecule has 11 heavy (non-hydrogen) atoms. The van der Waals surface area contributed by atoms with Crippen molar-refractivity contribution < 1.29 is 0 Å². The van der Waals surface area contributed by atoms with Crippen LogP contribution in [0.2, 0.25) is 5.02 Å². The predicted octanol–water partition coefficient (Wildman–Crippen LogP) is 3.76. The number of halogens is 1. The van der Waals surface area contributed by atoms with Gasteiger partial charge in [0, 0.05) is 10.3 Å². The lowest BCUT2D eigenvalue weighted by Gasteiger charge is -2.09. The summed E-state index contributed by atoms with van der Waals surface area (Å²) in [6.07, 6.45) is 2.09. The standard InChI is InChI=1S/C9H11ClS/c1-7(11-2)8-5-3-4-6-9(8)10/h3-7H,1-2H3. The van der Waals surface area contributed by atoms with Crippen LogP contribution in [0.25, 0.3) is 0 Å². The molecular formula is C9H11ClS. The number of benzene rings is 1. The molecule has 1 rings (SSSR count). The van der Waals surface area contributed by atoms with Gasteiger partial charge in [0.25, 0.3) is 0 Å². The van der Waals surface area contributed by atoms with Crippen molar-refractivity contribution in [3.63, 3.8) is 0 Å². The summed E-state index contributed by atoms with van der Waals surface area (Å²) in [6, 6.07) is 7.99. The molecule has 0 aliphatic carbocycles. The lowest BCUT2D eigenvalue weighted by Crippen LogP contribution is -1.87. The van der Waals surface area contributed by atoms with Crippen LogP contribution in [0.15, 0.2) is 24.3 Å². The molecule has 1 atom stereocenters. The summed E-state index contributed by atoms with van der Waals surface area (Å²) in [5.74, 6) is 0. The average Bonchev–Trinajstić information content (AvgIpc) is 2.04. The van der Waals surface area contributed by atoms with Crippen molar-refractivity contribution in [1.82, 2.24) is 0 Å². The maximum atomic E-state index is 5.98. The van der Waals surface area contributed by atoms with Gasteiger partial charge in [0.05, 0.1) is 0 Å². The molecule has 0 spiro atoms. The zero-order valence-corrected chi connectivity index (χ0v) is 8.25. The van der Waals surface area contributed by atoms with E-state index in [4.69, 9.17) is 11.6 Å². The lowest BCUT2D eigenvalue weighted by molar-refractivity contribution is 1.10. The lowest BCUT2D eigenvalue weighted by atomic mass is 10.2. The van der Waals surface area contributed by atoms with Gasteiger partial charge in [0.1, 0.15) is 0 Å². The van der Waals surface area contributed by atoms with Gasteiger partial charge in [-0.05, 0) is 24.8 Å². The zero-order valence-electron chi connectivity index (χ0n) is 6.67. The number of hydrogen-bond donors (Lipinski definition) is 0. The molecule has 0 bridgehead atoms. The highest BCUT2D eigenvalue weighted by atomic mass is 35.5. The van der Waals surface area contributed by atoms with Crippen LogP contribution in [0.4, 0.5) is 0 Å². The highest BCUT2D eigenvalue weighted by Crippen LogP contribution is 2.30. The van der Waals surface area contributed by atoms with E-state index >= 15 is 0 Å². The Bertz CT molecular complexity index is 235. The van der Waals surface area contributed by atoms with E-state index in [2.05, 4.69) is 19.2 Å². The van der Waals surface area contributed by atoms with Crippen LogP contribution in [-0.4, -0.2) is 6.26 Å². The van der Waals surface area contributed by atoms with Gasteiger partial charge in [-0.2, -0.15) is 11.8 Å². The summed E-state index contributed by atoms with van der Waals surface area (Å²) < 4.78 is 0. The SMILES string of the molecule is CSC(C)c1ccccc1Cl. The van der Waals surface area contributed by atoms with Crippen molar-refractivity contribution in [2.75, 3.05) is 6.26 Å². The number of rotatable bonds is 2. The van der Waals surface area contributed by atoms with Crippen LogP contribution < -0.4 is 0 Å². The van der Waals surface area contributed by atoms with E-state index in [0.29, 0.717) is 5.25 Å². The first kappa shape index (κ1) is 8.95. The maximum absolute atomic E-state index is 5.98. The summed E-state index contributed by atoms with van der Waals surface area (Å²) in [7, 11) is 0. The quantitative estimate of drug-likeness (QED) is 0.678. The van der Waals surface area contributed by atoms with E-state index in [0.717, 1.165) is 5.02 Å². The van der Waals surface area contributed by atoms with Crippen molar-refractivity contribution in [2.45, 2.75) is 12.2 Å². The normalized spacial score (nSPS) is 13.0. The summed E-state index contributed by atoms with van der Waals surface area (Å²) in [4.78, 5) is 0. The Kier molecular flexibility index (Phi) is 3.28. The molecule has 0 fully saturated rings. The molecule has 0 aliphatic rings. The van der Waals surface area contributed by atoms with Crippen molar-refractivity contribution in [1.29, 1.82) is 0 Å². The Hall–Kier alpha value is -0.140. The van der Waals surface area contributed by atoms with E-state index < -0.39 is 0 Å². The van der Waals surface area contributed by atoms with Gasteiger partial charge in [0.2, 0.25) is 0 Å². The molecule has 0 nitrogen and oxygen atoms in total. The van der Waals surface area contributed by atoms with E-state index in [1.807, 2.05) is 30.0 Å². The molecule has 1 aromatic rings. The van der Waals surface area contributed by atoms with Crippen LogP contribution in [0.5, 0.6) is 0 Å². The molecule has 0 amide bonds. The van der Waals surface area contributed by atoms with Crippen LogP contribution in [0.3, 0.4) is 0 Å². The number of thioether (sulfide) groups is 1. The summed E-state index contributed by atoms with van der Waals surface area (Å²) in [5, 5.41) is 1.36. The molecule has 0 heterocycles. The molecule has 0 aliphatic heterocycles. The Labute approximate surface area is 77.0 Å². The van der Waals surface area contributed by atoms with Crippen LogP contribution in [0.1, 0.15) is 17.7 Å². The highest BCUT2D eigenvalue weighted by molar-refractivity contribution is 7.98. The molecule has 2 heteroatoms. The zero-order chi connectivity index (χ0) is 8.27. The van der Waals surface area contributed by atoms with Crippen molar-refractivity contribution in [3.8, 4) is 0 Å². The van der Waals surface area contributed by atoms with Crippen LogP contribution in [-0.2, 0) is 0 Å². The van der Waals surface area contributed by atoms with Crippen molar-refractivity contribution in [2.24, 2.45) is 0 Å². The third-order valence-electron chi connectivity index (χ3n) is 1.70. The van der Waals surface area contributed by atoms with Gasteiger partial charge in [-0.25, -0.2) is 0 Å². The minimum Gasteiger partial charge on any atom is -0.157 e. The van der Waals surface area contributed by atoms with Gasteiger partial charge in [-0.1, -0.05) is 29.8 Å². The molecule has 60 valence electrons. The van der Waals surface area contributed by atoms with Crippen molar-refractivity contribution >= 4 is 23.4 Å². The maximum Gasteiger partial charge on any atom is 0.0449 e. The van der Waals surface area contributed by atoms with E-state index in [1.54, 1.807) is 0 Å². The van der Waals surface area contributed by atoms with E-state index in [9.17, 15) is 0 Å². The second-order valence-electron chi connectivity index (χ2n) is 2.40. The largest absolute Gasteiger partial charge is 0.157 e. The highest BCUT2D eigenvalue weighted by Gasteiger charge is 2.05. The van der Waals surface area contributed by atoms with E-state index in [-0.39, 0.29) is 0 Å². The molecule has 0 aromatic heterocycles. The fraction of sp³-hybridized carbons (Fsp3) is 0.333. The average molecular weight is 187 g/mol. The molecular weight excluding hydrogens is 176 g/mol. The number of hydrogen-bond acceptors (Lipinski definition) is 1. The van der Waals surface area contributed by atoms with Gasteiger partial charge in [-0.3, -0.25) is 0 Å². The molecule has 0 saturated heterocycles. The Balaban J connectivity index is 2.93. The molecule has 0 radical (unpaired) electrons. The summed E-state index contributed by atoms with van der Waals surface area (Å²) >= 11 is 7.79. The van der Waals surface area contributed by atoms with Gasteiger partial charge in [0.15, 0.2) is 0 Å². The first-order valence-electron chi connectivity index (χ1n) is 3.53. The van der Waals surface area contributed by atoms with E-state index in [1.165, 1.54) is 5.56 Å². The first-order valence-corrected chi connectivity index (χ1v) is 5.19. The molecule has 0 N–H and O–H groups in total. The van der Waals surface area contributed by atoms with Crippen LogP contribution in [0, 0.1) is 0 Å². The second kappa shape index (κ2) is 4.03. The van der Waals surface area contributed by atoms with Crippen LogP contribution >= 0.6 is 23.4 Å². The minimum atomic E-state index is 0.490. The Morgan fingerprint density at radius 1 is 1.36 bits per heavy atom. The Morgan fingerprint density at radius 2 is 2.00 bits per heavy atom. The topological polar surface area (TPSA) is 0 Å². The predicted molar refractivity (Wildman–Crippen MR) is 53.4 cm³/mol. The Morgan fingerprint density at radius 3 is 2.55 bits per heavy atom. The third kappa shape index (κ3) is 2.14. The smallest absolute Gasteiger partial charge is 0.0449 e.